The van der Waals surface area contributed by atoms with Crippen LogP contribution in [0.2, 0.25) is 0 Å². The number of aliphatic hydroxyl groups is 2. The molecule has 176 valence electrons. The molecule has 0 aromatic heterocycles. The molecule has 0 spiro atoms. The van der Waals surface area contributed by atoms with Gasteiger partial charge in [-0.3, -0.25) is 0 Å². The molecule has 0 aromatic carbocycles. The summed E-state index contributed by atoms with van der Waals surface area (Å²) in [5, 5.41) is 19.8. The molecule has 0 bridgehead atoms. The first-order valence-electron chi connectivity index (χ1n) is 12.3. The van der Waals surface area contributed by atoms with E-state index in [-0.39, 0.29) is 23.0 Å². The predicted octanol–water partition coefficient (Wildman–Crippen LogP) is 6.84. The molecule has 0 heterocycles. The van der Waals surface area contributed by atoms with Gasteiger partial charge in [0.25, 0.3) is 5.92 Å². The highest BCUT2D eigenvalue weighted by atomic mass is 19.3. The Hall–Kier alpha value is -1.00. The minimum Gasteiger partial charge on any atom is -0.388 e. The molecule has 4 heteroatoms. The van der Waals surface area contributed by atoms with Crippen molar-refractivity contribution in [1.82, 2.24) is 0 Å². The van der Waals surface area contributed by atoms with E-state index in [1.807, 2.05) is 6.08 Å². The van der Waals surface area contributed by atoms with E-state index < -0.39 is 18.1 Å². The Balaban J connectivity index is 1.79. The van der Waals surface area contributed by atoms with Crippen LogP contribution in [0.4, 0.5) is 8.78 Å². The van der Waals surface area contributed by atoms with Gasteiger partial charge in [0.15, 0.2) is 0 Å². The van der Waals surface area contributed by atoms with Gasteiger partial charge >= 0.3 is 0 Å². The van der Waals surface area contributed by atoms with E-state index in [1.165, 1.54) is 43.8 Å². The van der Waals surface area contributed by atoms with Gasteiger partial charge in [-0.05, 0) is 66.8 Å². The first-order chi connectivity index (χ1) is 14.5. The molecule has 31 heavy (non-hydrogen) atoms. The highest BCUT2D eigenvalue weighted by Crippen LogP contribution is 2.60. The second-order valence-corrected chi connectivity index (χ2v) is 11.1. The van der Waals surface area contributed by atoms with Crippen molar-refractivity contribution in [3.05, 3.63) is 35.5 Å². The fraction of sp³-hybridized carbons (Fsp3) is 0.778. The lowest BCUT2D eigenvalue weighted by molar-refractivity contribution is -0.103. The Labute approximate surface area is 187 Å². The summed E-state index contributed by atoms with van der Waals surface area (Å²) in [6.45, 7) is 13.1. The van der Waals surface area contributed by atoms with Gasteiger partial charge in [-0.25, -0.2) is 0 Å². The summed E-state index contributed by atoms with van der Waals surface area (Å²) in [7, 11) is 0. The van der Waals surface area contributed by atoms with Crippen LogP contribution in [-0.2, 0) is 0 Å². The zero-order chi connectivity index (χ0) is 23.0. The predicted molar refractivity (Wildman–Crippen MR) is 123 cm³/mol. The molecule has 6 atom stereocenters. The van der Waals surface area contributed by atoms with Gasteiger partial charge < -0.3 is 10.2 Å². The van der Waals surface area contributed by atoms with Crippen molar-refractivity contribution in [2.75, 3.05) is 0 Å². The van der Waals surface area contributed by atoms with Crippen LogP contribution in [0.15, 0.2) is 35.5 Å². The average molecular weight is 437 g/mol. The molecule has 0 amide bonds. The molecule has 3 aliphatic carbocycles. The quantitative estimate of drug-likeness (QED) is 0.479. The van der Waals surface area contributed by atoms with Crippen LogP contribution in [0.5, 0.6) is 0 Å². The van der Waals surface area contributed by atoms with Crippen LogP contribution in [0.3, 0.4) is 0 Å². The van der Waals surface area contributed by atoms with Crippen molar-refractivity contribution in [1.29, 1.82) is 0 Å². The van der Waals surface area contributed by atoms with E-state index in [2.05, 4.69) is 34.3 Å². The third-order valence-electron chi connectivity index (χ3n) is 8.60. The van der Waals surface area contributed by atoms with Gasteiger partial charge in [-0.1, -0.05) is 71.3 Å². The van der Waals surface area contributed by atoms with E-state index in [0.717, 1.165) is 25.2 Å². The third kappa shape index (κ3) is 4.85. The maximum absolute atomic E-state index is 14.6. The molecule has 0 aliphatic heterocycles. The Bertz CT molecular complexity index is 723. The fourth-order valence-electron chi connectivity index (χ4n) is 6.75. The molecule has 3 aliphatic rings. The lowest BCUT2D eigenvalue weighted by atomic mass is 9.60. The van der Waals surface area contributed by atoms with E-state index in [1.54, 1.807) is 0 Å². The first kappa shape index (κ1) is 24.6. The maximum Gasteiger partial charge on any atom is 0.298 e. The van der Waals surface area contributed by atoms with Crippen LogP contribution in [-0.4, -0.2) is 28.3 Å². The Kier molecular flexibility index (Phi) is 7.53. The SMILES string of the molecule is C=C1/C(=C\C=C2/CCCC3(C)C2CCC3[C@H](C)CCCC(C)C)C(F)(F)[C@@H](O)C[C@@H]1O. The Morgan fingerprint density at radius 1 is 1.13 bits per heavy atom. The molecule has 3 unspecified atom stereocenters. The number of hydrogen-bond acceptors (Lipinski definition) is 2. The second-order valence-electron chi connectivity index (χ2n) is 11.1. The molecule has 2 nitrogen and oxygen atoms in total. The van der Waals surface area contributed by atoms with Gasteiger partial charge in [-0.15, -0.1) is 0 Å². The van der Waals surface area contributed by atoms with Crippen molar-refractivity contribution in [3.63, 3.8) is 0 Å². The van der Waals surface area contributed by atoms with Crippen LogP contribution in [0, 0.1) is 29.1 Å². The van der Waals surface area contributed by atoms with Gasteiger partial charge in [0, 0.05) is 12.0 Å². The Morgan fingerprint density at radius 3 is 2.52 bits per heavy atom. The smallest absolute Gasteiger partial charge is 0.298 e. The molecular weight excluding hydrogens is 394 g/mol. The van der Waals surface area contributed by atoms with Crippen molar-refractivity contribution >= 4 is 0 Å². The van der Waals surface area contributed by atoms with Gasteiger partial charge in [0.1, 0.15) is 6.10 Å². The summed E-state index contributed by atoms with van der Waals surface area (Å²) in [4.78, 5) is 0. The number of halogens is 2. The van der Waals surface area contributed by atoms with Crippen molar-refractivity contribution in [2.24, 2.45) is 29.1 Å². The van der Waals surface area contributed by atoms with E-state index in [0.29, 0.717) is 17.8 Å². The molecule has 0 aromatic rings. The number of hydrogen-bond donors (Lipinski definition) is 2. The van der Waals surface area contributed by atoms with E-state index >= 15 is 0 Å². The minimum atomic E-state index is -3.37. The van der Waals surface area contributed by atoms with Crippen LogP contribution in [0.25, 0.3) is 0 Å². The molecule has 2 N–H and O–H groups in total. The zero-order valence-electron chi connectivity index (χ0n) is 19.8. The number of aliphatic hydroxyl groups excluding tert-OH is 2. The summed E-state index contributed by atoms with van der Waals surface area (Å²) in [6.07, 6.45) is 9.42. The molecule has 3 fully saturated rings. The minimum absolute atomic E-state index is 0.0359. The third-order valence-corrected chi connectivity index (χ3v) is 8.60. The molecule has 3 rings (SSSR count). The van der Waals surface area contributed by atoms with Crippen molar-refractivity contribution in [2.45, 2.75) is 104 Å². The lowest BCUT2D eigenvalue weighted by Crippen LogP contribution is -2.44. The normalized spacial score (nSPS) is 39.3. The van der Waals surface area contributed by atoms with Crippen LogP contribution in [0.1, 0.15) is 85.5 Å². The zero-order valence-corrected chi connectivity index (χ0v) is 19.8. The van der Waals surface area contributed by atoms with Gasteiger partial charge in [0.05, 0.1) is 6.10 Å². The van der Waals surface area contributed by atoms with Crippen LogP contribution < -0.4 is 0 Å². The second kappa shape index (κ2) is 9.47. The average Bonchev–Trinajstić information content (AvgIpc) is 3.04. The molecule has 3 saturated carbocycles. The van der Waals surface area contributed by atoms with Crippen molar-refractivity contribution < 1.29 is 19.0 Å². The molecule has 0 radical (unpaired) electrons. The molecule has 0 saturated heterocycles. The standard InChI is InChI=1S/C27H42F2O2/c1-17(2)8-6-9-18(3)21-13-14-23-20(10-7-15-26(21,23)5)11-12-22-19(4)24(30)16-25(31)27(22,28)29/h11-12,17-18,21,23-25,30-31H,4,6-10,13-16H2,1-3,5H3/b20-11+,22-12+/t18-,21?,23?,24+,25+,26?/m1/s1. The first-order valence-corrected chi connectivity index (χ1v) is 12.3. The number of alkyl halides is 2. The van der Waals surface area contributed by atoms with Gasteiger partial charge in [-0.2, -0.15) is 8.78 Å². The highest BCUT2D eigenvalue weighted by Gasteiger charge is 2.51. The number of fused-ring (bicyclic) bond motifs is 1. The van der Waals surface area contributed by atoms with Crippen molar-refractivity contribution in [3.8, 4) is 0 Å². The van der Waals surface area contributed by atoms with Crippen LogP contribution >= 0.6 is 0 Å². The fourth-order valence-corrected chi connectivity index (χ4v) is 6.75. The maximum atomic E-state index is 14.6. The summed E-state index contributed by atoms with van der Waals surface area (Å²) < 4.78 is 29.2. The van der Waals surface area contributed by atoms with Gasteiger partial charge in [0.2, 0.25) is 0 Å². The largest absolute Gasteiger partial charge is 0.388 e. The number of rotatable bonds is 6. The number of allylic oxidation sites excluding steroid dienone is 3. The summed E-state index contributed by atoms with van der Waals surface area (Å²) in [5.74, 6) is -0.791. The van der Waals surface area contributed by atoms with E-state index in [9.17, 15) is 19.0 Å². The molecular formula is C27H42F2O2. The lowest BCUT2D eigenvalue weighted by Gasteiger charge is -2.44. The highest BCUT2D eigenvalue weighted by molar-refractivity contribution is 5.44. The summed E-state index contributed by atoms with van der Waals surface area (Å²) in [5.41, 5.74) is 1.23. The monoisotopic (exact) mass is 436 g/mol. The summed E-state index contributed by atoms with van der Waals surface area (Å²) in [6, 6.07) is 0. The topological polar surface area (TPSA) is 40.5 Å². The summed E-state index contributed by atoms with van der Waals surface area (Å²) >= 11 is 0. The Morgan fingerprint density at radius 2 is 1.84 bits per heavy atom. The van der Waals surface area contributed by atoms with E-state index in [4.69, 9.17) is 0 Å².